The molecule has 0 amide bonds. The second-order valence-corrected chi connectivity index (χ2v) is 3.85. The summed E-state index contributed by atoms with van der Waals surface area (Å²) >= 11 is 0. The molecule has 62 valence electrons. The third-order valence-corrected chi connectivity index (χ3v) is 2.99. The fraction of sp³-hybridized carbons (Fsp3) is 0.778. The molecule has 2 atom stereocenters. The van der Waals surface area contributed by atoms with Crippen molar-refractivity contribution in [3.05, 3.63) is 11.4 Å². The van der Waals surface area contributed by atoms with Crippen molar-refractivity contribution >= 4 is 0 Å². The van der Waals surface area contributed by atoms with Gasteiger partial charge >= 0.3 is 0 Å². The summed E-state index contributed by atoms with van der Waals surface area (Å²) in [4.78, 5) is 0. The van der Waals surface area contributed by atoms with Gasteiger partial charge in [-0.05, 0) is 24.7 Å². The van der Waals surface area contributed by atoms with Crippen LogP contribution in [0.2, 0.25) is 0 Å². The molecule has 0 radical (unpaired) electrons. The van der Waals surface area contributed by atoms with E-state index >= 15 is 0 Å². The smallest absolute Gasteiger partial charge is 0.0845 e. The number of hydrogen-bond donors (Lipinski definition) is 2. The third kappa shape index (κ3) is 1.10. The summed E-state index contributed by atoms with van der Waals surface area (Å²) in [5, 5.41) is 6.76. The Morgan fingerprint density at radius 1 is 1.00 bits per heavy atom. The lowest BCUT2D eigenvalue weighted by Gasteiger charge is -2.26. The van der Waals surface area contributed by atoms with E-state index in [-0.39, 0.29) is 0 Å². The lowest BCUT2D eigenvalue weighted by atomic mass is 9.83. The van der Waals surface area contributed by atoms with Crippen molar-refractivity contribution in [1.29, 1.82) is 0 Å². The Hall–Kier alpha value is -0.660. The van der Waals surface area contributed by atoms with Gasteiger partial charge in [0.05, 0.1) is 6.67 Å². The predicted octanol–water partition coefficient (Wildman–Crippen LogP) is 1.41. The van der Waals surface area contributed by atoms with Crippen molar-refractivity contribution in [2.24, 2.45) is 11.8 Å². The van der Waals surface area contributed by atoms with Gasteiger partial charge in [-0.1, -0.05) is 13.8 Å². The van der Waals surface area contributed by atoms with Crippen molar-refractivity contribution < 1.29 is 0 Å². The Bertz CT molecular complexity index is 176. The van der Waals surface area contributed by atoms with Crippen LogP contribution in [-0.4, -0.2) is 6.67 Å². The van der Waals surface area contributed by atoms with E-state index in [0.717, 1.165) is 18.5 Å². The highest BCUT2D eigenvalue weighted by molar-refractivity contribution is 5.19. The molecule has 2 rings (SSSR count). The van der Waals surface area contributed by atoms with Crippen LogP contribution in [0, 0.1) is 11.8 Å². The molecule has 1 heterocycles. The van der Waals surface area contributed by atoms with Crippen LogP contribution in [0.15, 0.2) is 11.4 Å². The molecule has 2 heteroatoms. The molecule has 2 nitrogen and oxygen atoms in total. The molecule has 0 saturated carbocycles. The van der Waals surface area contributed by atoms with Crippen LogP contribution in [0.25, 0.3) is 0 Å². The number of rotatable bonds is 0. The molecule has 0 bridgehead atoms. The van der Waals surface area contributed by atoms with E-state index in [9.17, 15) is 0 Å². The summed E-state index contributed by atoms with van der Waals surface area (Å²) in [5.74, 6) is 1.70. The molecule has 2 unspecified atom stereocenters. The molecule has 2 aliphatic rings. The topological polar surface area (TPSA) is 24.1 Å². The summed E-state index contributed by atoms with van der Waals surface area (Å²) < 4.78 is 0. The van der Waals surface area contributed by atoms with Gasteiger partial charge in [-0.25, -0.2) is 0 Å². The Morgan fingerprint density at radius 2 is 1.45 bits per heavy atom. The largest absolute Gasteiger partial charge is 0.370 e. The molecular weight excluding hydrogens is 136 g/mol. The zero-order chi connectivity index (χ0) is 7.84. The average Bonchev–Trinajstić information content (AvgIpc) is 2.36. The Balaban J connectivity index is 2.16. The minimum absolute atomic E-state index is 0.848. The molecule has 2 N–H and O–H groups in total. The first-order chi connectivity index (χ1) is 5.27. The van der Waals surface area contributed by atoms with Crippen molar-refractivity contribution in [3.8, 4) is 0 Å². The molecule has 0 spiro atoms. The van der Waals surface area contributed by atoms with E-state index in [1.54, 1.807) is 0 Å². The lowest BCUT2D eigenvalue weighted by molar-refractivity contribution is 0.354. The van der Waals surface area contributed by atoms with Crippen LogP contribution < -0.4 is 10.6 Å². The van der Waals surface area contributed by atoms with Gasteiger partial charge in [-0.2, -0.15) is 0 Å². The molecule has 1 aliphatic carbocycles. The Morgan fingerprint density at radius 3 is 1.91 bits per heavy atom. The van der Waals surface area contributed by atoms with Gasteiger partial charge in [0.1, 0.15) is 0 Å². The maximum Gasteiger partial charge on any atom is 0.0845 e. The van der Waals surface area contributed by atoms with Gasteiger partial charge in [-0.3, -0.25) is 0 Å². The van der Waals surface area contributed by atoms with Gasteiger partial charge in [0.2, 0.25) is 0 Å². The van der Waals surface area contributed by atoms with E-state index in [1.165, 1.54) is 24.2 Å². The molecule has 0 saturated heterocycles. The highest BCUT2D eigenvalue weighted by Gasteiger charge is 2.26. The molecule has 0 aromatic rings. The van der Waals surface area contributed by atoms with Crippen LogP contribution in [-0.2, 0) is 0 Å². The first-order valence-corrected chi connectivity index (χ1v) is 4.47. The second-order valence-electron chi connectivity index (χ2n) is 3.85. The maximum atomic E-state index is 3.38. The molecule has 11 heavy (non-hydrogen) atoms. The first-order valence-electron chi connectivity index (χ1n) is 4.47. The fourth-order valence-corrected chi connectivity index (χ4v) is 1.91. The second kappa shape index (κ2) is 2.43. The predicted molar refractivity (Wildman–Crippen MR) is 45.7 cm³/mol. The van der Waals surface area contributed by atoms with E-state index in [4.69, 9.17) is 0 Å². The van der Waals surface area contributed by atoms with E-state index in [0.29, 0.717) is 0 Å². The van der Waals surface area contributed by atoms with Crippen LogP contribution >= 0.6 is 0 Å². The van der Waals surface area contributed by atoms with Crippen LogP contribution in [0.5, 0.6) is 0 Å². The summed E-state index contributed by atoms with van der Waals surface area (Å²) in [7, 11) is 0. The molecular formula is C9H16N2. The number of allylic oxidation sites excluding steroid dienone is 2. The van der Waals surface area contributed by atoms with Crippen molar-refractivity contribution in [1.82, 2.24) is 10.6 Å². The monoisotopic (exact) mass is 152 g/mol. The minimum Gasteiger partial charge on any atom is -0.370 e. The SMILES string of the molecule is CC1CC2=C(CC1C)NCN2. The maximum absolute atomic E-state index is 3.38. The molecule has 0 aromatic carbocycles. The zero-order valence-corrected chi connectivity index (χ0v) is 7.28. The van der Waals surface area contributed by atoms with Gasteiger partial charge in [0.25, 0.3) is 0 Å². The van der Waals surface area contributed by atoms with Gasteiger partial charge < -0.3 is 10.6 Å². The Kier molecular flexibility index (Phi) is 1.55. The summed E-state index contributed by atoms with van der Waals surface area (Å²) in [6.07, 6.45) is 2.48. The van der Waals surface area contributed by atoms with Gasteiger partial charge in [0.15, 0.2) is 0 Å². The third-order valence-electron chi connectivity index (χ3n) is 2.99. The van der Waals surface area contributed by atoms with Crippen molar-refractivity contribution in [2.75, 3.05) is 6.67 Å². The minimum atomic E-state index is 0.848. The molecule has 0 fully saturated rings. The van der Waals surface area contributed by atoms with Crippen LogP contribution in [0.1, 0.15) is 26.7 Å². The lowest BCUT2D eigenvalue weighted by Crippen LogP contribution is -2.19. The van der Waals surface area contributed by atoms with Crippen LogP contribution in [0.4, 0.5) is 0 Å². The zero-order valence-electron chi connectivity index (χ0n) is 7.28. The van der Waals surface area contributed by atoms with E-state index < -0.39 is 0 Å². The molecule has 1 aliphatic heterocycles. The molecule has 0 aromatic heterocycles. The first kappa shape index (κ1) is 7.01. The highest BCUT2D eigenvalue weighted by atomic mass is 15.1. The summed E-state index contributed by atoms with van der Waals surface area (Å²) in [6, 6.07) is 0. The van der Waals surface area contributed by atoms with Gasteiger partial charge in [0, 0.05) is 11.4 Å². The fourth-order valence-electron chi connectivity index (χ4n) is 1.91. The highest BCUT2D eigenvalue weighted by Crippen LogP contribution is 2.32. The average molecular weight is 152 g/mol. The quantitative estimate of drug-likeness (QED) is 0.548. The summed E-state index contributed by atoms with van der Waals surface area (Å²) in [5.41, 5.74) is 2.94. The standard InChI is InChI=1S/C9H16N2/c1-6-3-8-9(4-7(6)2)11-5-10-8/h6-7,10-11H,3-5H2,1-2H3. The van der Waals surface area contributed by atoms with E-state index in [2.05, 4.69) is 24.5 Å². The van der Waals surface area contributed by atoms with Gasteiger partial charge in [-0.15, -0.1) is 0 Å². The van der Waals surface area contributed by atoms with Crippen molar-refractivity contribution in [3.63, 3.8) is 0 Å². The number of hydrogen-bond acceptors (Lipinski definition) is 2. The summed E-state index contributed by atoms with van der Waals surface area (Å²) in [6.45, 7) is 5.63. The van der Waals surface area contributed by atoms with Crippen LogP contribution in [0.3, 0.4) is 0 Å². The normalized spacial score (nSPS) is 36.2. The van der Waals surface area contributed by atoms with Crippen molar-refractivity contribution in [2.45, 2.75) is 26.7 Å². The Labute approximate surface area is 68.1 Å². The number of nitrogens with one attached hydrogen (secondary N) is 2. The van der Waals surface area contributed by atoms with E-state index in [1.807, 2.05) is 0 Å².